The summed E-state index contributed by atoms with van der Waals surface area (Å²) in [5.41, 5.74) is 1.90. The molecule has 1 heterocycles. The highest BCUT2D eigenvalue weighted by Gasteiger charge is 2.13. The Morgan fingerprint density at radius 1 is 1.13 bits per heavy atom. The van der Waals surface area contributed by atoms with Crippen molar-refractivity contribution < 1.29 is 4.79 Å². The lowest BCUT2D eigenvalue weighted by molar-refractivity contribution is 0.259. The van der Waals surface area contributed by atoms with E-state index in [2.05, 4.69) is 15.4 Å². The number of aromatic nitrogens is 2. The van der Waals surface area contributed by atoms with E-state index in [1.807, 2.05) is 47.9 Å². The van der Waals surface area contributed by atoms with Crippen LogP contribution >= 0.6 is 11.8 Å². The number of fused-ring (bicyclic) bond motifs is 1. The molecule has 1 aromatic heterocycles. The molecule has 2 N–H and O–H groups in total. The van der Waals surface area contributed by atoms with Gasteiger partial charge in [-0.3, -0.25) is 9.89 Å². The SMILES string of the molecule is Cc1[nH]n(-c2cccc3ccccc23)c(=O)c1/C=N/C(=O)Nc1ccc(SC#N)cc1. The predicted octanol–water partition coefficient (Wildman–Crippen LogP) is 4.85. The Balaban J connectivity index is 1.57. The van der Waals surface area contributed by atoms with Crippen molar-refractivity contribution >= 4 is 40.5 Å². The molecule has 0 saturated heterocycles. The van der Waals surface area contributed by atoms with Crippen LogP contribution in [-0.4, -0.2) is 22.0 Å². The van der Waals surface area contributed by atoms with Crippen LogP contribution in [0.2, 0.25) is 0 Å². The highest BCUT2D eigenvalue weighted by molar-refractivity contribution is 8.03. The first kappa shape index (κ1) is 20.2. The van der Waals surface area contributed by atoms with Crippen LogP contribution < -0.4 is 10.9 Å². The number of nitriles is 1. The second-order valence-corrected chi connectivity index (χ2v) is 7.55. The number of aliphatic imine (C=N–C) groups is 1. The number of carbonyl (C=O) groups is 1. The van der Waals surface area contributed by atoms with Gasteiger partial charge in [0.2, 0.25) is 0 Å². The number of H-pyrrole nitrogens is 1. The summed E-state index contributed by atoms with van der Waals surface area (Å²) < 4.78 is 1.46. The molecule has 3 aromatic carbocycles. The molecule has 4 aromatic rings. The van der Waals surface area contributed by atoms with Gasteiger partial charge in [-0.05, 0) is 54.4 Å². The minimum atomic E-state index is -0.600. The molecule has 0 unspecified atom stereocenters. The molecule has 0 radical (unpaired) electrons. The van der Waals surface area contributed by atoms with Crippen molar-refractivity contribution in [3.63, 3.8) is 0 Å². The van der Waals surface area contributed by atoms with E-state index >= 15 is 0 Å². The van der Waals surface area contributed by atoms with Gasteiger partial charge in [0.1, 0.15) is 5.40 Å². The largest absolute Gasteiger partial charge is 0.345 e. The lowest BCUT2D eigenvalue weighted by Crippen LogP contribution is -2.18. The van der Waals surface area contributed by atoms with Crippen molar-refractivity contribution in [2.75, 3.05) is 5.32 Å². The van der Waals surface area contributed by atoms with Crippen molar-refractivity contribution in [2.45, 2.75) is 11.8 Å². The molecule has 0 aliphatic heterocycles. The third-order valence-electron chi connectivity index (χ3n) is 4.70. The number of thioether (sulfide) groups is 1. The minimum absolute atomic E-state index is 0.289. The molecule has 2 amide bonds. The Bertz CT molecular complexity index is 1390. The number of amides is 2. The van der Waals surface area contributed by atoms with Crippen molar-refractivity contribution in [2.24, 2.45) is 4.99 Å². The lowest BCUT2D eigenvalue weighted by atomic mass is 10.1. The second kappa shape index (κ2) is 8.73. The zero-order valence-electron chi connectivity index (χ0n) is 16.5. The molecule has 31 heavy (non-hydrogen) atoms. The molecule has 0 fully saturated rings. The van der Waals surface area contributed by atoms with Gasteiger partial charge in [-0.15, -0.1) is 0 Å². The number of rotatable bonds is 4. The van der Waals surface area contributed by atoms with E-state index in [-0.39, 0.29) is 5.56 Å². The maximum absolute atomic E-state index is 13.0. The summed E-state index contributed by atoms with van der Waals surface area (Å²) in [4.78, 5) is 29.8. The van der Waals surface area contributed by atoms with Crippen LogP contribution in [0.4, 0.5) is 10.5 Å². The fraction of sp³-hybridized carbons (Fsp3) is 0.0435. The molecule has 0 bridgehead atoms. The van der Waals surface area contributed by atoms with Crippen LogP contribution in [0.3, 0.4) is 0 Å². The van der Waals surface area contributed by atoms with Crippen LogP contribution in [0.25, 0.3) is 16.5 Å². The maximum atomic E-state index is 13.0. The standard InChI is InChI=1S/C23H17N5O2S/c1-15-20(13-25-23(30)26-17-9-11-18(12-10-17)31-14-24)22(29)28(27-15)21-8-4-6-16-5-2-3-7-19(16)21/h2-13,27H,1H3,(H,26,30)/b25-13+. The number of aryl methyl sites for hydroxylation is 1. The van der Waals surface area contributed by atoms with Crippen LogP contribution in [0.15, 0.2) is 81.4 Å². The Morgan fingerprint density at radius 3 is 2.65 bits per heavy atom. The van der Waals surface area contributed by atoms with Gasteiger partial charge < -0.3 is 5.32 Å². The molecule has 7 nitrogen and oxygen atoms in total. The number of aromatic amines is 1. The van der Waals surface area contributed by atoms with Crippen LogP contribution in [0.1, 0.15) is 11.3 Å². The van der Waals surface area contributed by atoms with Crippen molar-refractivity contribution in [1.82, 2.24) is 9.78 Å². The summed E-state index contributed by atoms with van der Waals surface area (Å²) in [6.45, 7) is 1.76. The molecule has 0 atom stereocenters. The summed E-state index contributed by atoms with van der Waals surface area (Å²) >= 11 is 1.04. The second-order valence-electron chi connectivity index (χ2n) is 6.70. The van der Waals surface area contributed by atoms with E-state index in [9.17, 15) is 9.59 Å². The number of hydrogen-bond acceptors (Lipinski definition) is 4. The number of urea groups is 1. The Labute approximate surface area is 182 Å². The topological polar surface area (TPSA) is 103 Å². The van der Waals surface area contributed by atoms with Gasteiger partial charge in [-0.25, -0.2) is 14.5 Å². The fourth-order valence-electron chi connectivity index (χ4n) is 3.22. The highest BCUT2D eigenvalue weighted by atomic mass is 32.2. The molecule has 0 spiro atoms. The summed E-state index contributed by atoms with van der Waals surface area (Å²) in [6, 6.07) is 19.8. The molecule has 0 saturated carbocycles. The van der Waals surface area contributed by atoms with Crippen molar-refractivity contribution in [1.29, 1.82) is 5.26 Å². The van der Waals surface area contributed by atoms with Crippen LogP contribution in [0.5, 0.6) is 0 Å². The number of nitrogens with zero attached hydrogens (tertiary/aromatic N) is 3. The first-order chi connectivity index (χ1) is 15.1. The summed E-state index contributed by atoms with van der Waals surface area (Å²) in [5.74, 6) is 0. The number of carbonyl (C=O) groups excluding carboxylic acids is 1. The molecule has 0 aliphatic carbocycles. The number of anilines is 1. The monoisotopic (exact) mass is 427 g/mol. The molecule has 152 valence electrons. The molecule has 8 heteroatoms. The number of hydrogen-bond donors (Lipinski definition) is 2. The molecular weight excluding hydrogens is 410 g/mol. The highest BCUT2D eigenvalue weighted by Crippen LogP contribution is 2.21. The molecular formula is C23H17N5O2S. The molecule has 4 rings (SSSR count). The number of nitrogens with one attached hydrogen (secondary N) is 2. The Hall–Kier alpha value is -4.09. The number of thiocyanates is 1. The van der Waals surface area contributed by atoms with Crippen molar-refractivity contribution in [3.05, 3.63) is 88.3 Å². The summed E-state index contributed by atoms with van der Waals surface area (Å²) in [6.07, 6.45) is 1.27. The van der Waals surface area contributed by atoms with Crippen LogP contribution in [-0.2, 0) is 0 Å². The van der Waals surface area contributed by atoms with Gasteiger partial charge >= 0.3 is 6.03 Å². The van der Waals surface area contributed by atoms with E-state index in [4.69, 9.17) is 5.26 Å². The zero-order chi connectivity index (χ0) is 21.8. The smallest absolute Gasteiger partial charge is 0.306 e. The van der Waals surface area contributed by atoms with Gasteiger partial charge in [-0.1, -0.05) is 36.4 Å². The third kappa shape index (κ3) is 4.27. The van der Waals surface area contributed by atoms with Gasteiger partial charge in [0.25, 0.3) is 5.56 Å². The first-order valence-electron chi connectivity index (χ1n) is 9.37. The van der Waals surface area contributed by atoms with E-state index in [0.29, 0.717) is 16.9 Å². The Kier molecular flexibility index (Phi) is 5.69. The summed E-state index contributed by atoms with van der Waals surface area (Å²) in [5, 5.41) is 18.3. The van der Waals surface area contributed by atoms with Gasteiger partial charge in [-0.2, -0.15) is 5.26 Å². The van der Waals surface area contributed by atoms with Gasteiger partial charge in [0.05, 0.1) is 11.3 Å². The summed E-state index contributed by atoms with van der Waals surface area (Å²) in [7, 11) is 0. The average Bonchev–Trinajstić information content (AvgIpc) is 3.06. The fourth-order valence-corrected chi connectivity index (χ4v) is 3.60. The third-order valence-corrected chi connectivity index (χ3v) is 5.30. The Morgan fingerprint density at radius 2 is 1.87 bits per heavy atom. The van der Waals surface area contributed by atoms with Crippen LogP contribution in [0, 0.1) is 17.6 Å². The maximum Gasteiger partial charge on any atom is 0.345 e. The minimum Gasteiger partial charge on any atom is -0.306 e. The van der Waals surface area contributed by atoms with E-state index in [1.165, 1.54) is 10.9 Å². The average molecular weight is 427 g/mol. The van der Waals surface area contributed by atoms with E-state index in [1.54, 1.807) is 31.2 Å². The normalized spacial score (nSPS) is 11.0. The number of benzene rings is 3. The van der Waals surface area contributed by atoms with Gasteiger partial charge in [0, 0.05) is 27.9 Å². The molecule has 0 aliphatic rings. The van der Waals surface area contributed by atoms with Crippen molar-refractivity contribution in [3.8, 4) is 11.1 Å². The van der Waals surface area contributed by atoms with Gasteiger partial charge in [0.15, 0.2) is 0 Å². The first-order valence-corrected chi connectivity index (χ1v) is 10.2. The van der Waals surface area contributed by atoms with E-state index < -0.39 is 6.03 Å². The zero-order valence-corrected chi connectivity index (χ0v) is 17.3. The van der Waals surface area contributed by atoms with E-state index in [0.717, 1.165) is 33.1 Å². The quantitative estimate of drug-likeness (QED) is 0.276. The lowest BCUT2D eigenvalue weighted by Gasteiger charge is -2.06. The predicted molar refractivity (Wildman–Crippen MR) is 123 cm³/mol.